The van der Waals surface area contributed by atoms with Crippen molar-refractivity contribution < 1.29 is 13.2 Å². The van der Waals surface area contributed by atoms with Crippen LogP contribution in [0.3, 0.4) is 0 Å². The summed E-state index contributed by atoms with van der Waals surface area (Å²) in [6.07, 6.45) is 1.96. The quantitative estimate of drug-likeness (QED) is 0.890. The smallest absolute Gasteiger partial charge is 0.126 e. The molecule has 0 bridgehead atoms. The van der Waals surface area contributed by atoms with Gasteiger partial charge in [-0.1, -0.05) is 6.92 Å². The minimum Gasteiger partial charge on any atom is -0.467 e. The van der Waals surface area contributed by atoms with Gasteiger partial charge in [-0.2, -0.15) is 0 Å². The molecule has 102 valence electrons. The van der Waals surface area contributed by atoms with E-state index in [0.717, 1.165) is 30.0 Å². The first-order chi connectivity index (χ1) is 9.11. The minimum atomic E-state index is -0.428. The third-order valence-electron chi connectivity index (χ3n) is 3.10. The molecular formula is C15H17F2NO. The molecule has 1 aromatic heterocycles. The third kappa shape index (κ3) is 3.20. The summed E-state index contributed by atoms with van der Waals surface area (Å²) in [5.41, 5.74) is 1.35. The lowest BCUT2D eigenvalue weighted by Gasteiger charge is -2.17. The van der Waals surface area contributed by atoms with Crippen molar-refractivity contribution in [1.29, 1.82) is 0 Å². The Morgan fingerprint density at radius 3 is 2.68 bits per heavy atom. The zero-order valence-electron chi connectivity index (χ0n) is 11.0. The summed E-state index contributed by atoms with van der Waals surface area (Å²) in [5.74, 6) is -0.0539. The highest BCUT2D eigenvalue weighted by molar-refractivity contribution is 5.24. The Balaban J connectivity index is 2.26. The average Bonchev–Trinajstić information content (AvgIpc) is 2.79. The second-order valence-electron chi connectivity index (χ2n) is 4.52. The lowest BCUT2D eigenvalue weighted by Crippen LogP contribution is -2.23. The second kappa shape index (κ2) is 5.97. The van der Waals surface area contributed by atoms with Gasteiger partial charge in [0.15, 0.2) is 0 Å². The van der Waals surface area contributed by atoms with E-state index in [9.17, 15) is 8.78 Å². The molecule has 1 atom stereocenters. The molecule has 2 nitrogen and oxygen atoms in total. The van der Waals surface area contributed by atoms with Gasteiger partial charge >= 0.3 is 0 Å². The van der Waals surface area contributed by atoms with Gasteiger partial charge in [-0.15, -0.1) is 0 Å². The van der Waals surface area contributed by atoms with Crippen LogP contribution in [0.15, 0.2) is 34.9 Å². The number of hydrogen-bond donors (Lipinski definition) is 1. The zero-order chi connectivity index (χ0) is 13.8. The van der Waals surface area contributed by atoms with Crippen molar-refractivity contribution in [2.24, 2.45) is 0 Å². The van der Waals surface area contributed by atoms with Gasteiger partial charge < -0.3 is 9.73 Å². The summed E-state index contributed by atoms with van der Waals surface area (Å²) >= 11 is 0. The van der Waals surface area contributed by atoms with Gasteiger partial charge in [-0.25, -0.2) is 8.78 Å². The fourth-order valence-electron chi connectivity index (χ4n) is 2.17. The van der Waals surface area contributed by atoms with E-state index < -0.39 is 11.6 Å². The van der Waals surface area contributed by atoms with Crippen molar-refractivity contribution in [3.05, 3.63) is 59.1 Å². The van der Waals surface area contributed by atoms with Crippen molar-refractivity contribution in [3.8, 4) is 0 Å². The van der Waals surface area contributed by atoms with Gasteiger partial charge in [0.05, 0.1) is 12.3 Å². The molecule has 1 aromatic carbocycles. The molecule has 0 saturated carbocycles. The summed E-state index contributed by atoms with van der Waals surface area (Å²) in [6.45, 7) is 4.63. The van der Waals surface area contributed by atoms with E-state index >= 15 is 0 Å². The summed E-state index contributed by atoms with van der Waals surface area (Å²) < 4.78 is 32.3. The Morgan fingerprint density at radius 1 is 1.26 bits per heavy atom. The van der Waals surface area contributed by atoms with E-state index in [-0.39, 0.29) is 6.04 Å². The van der Waals surface area contributed by atoms with Crippen LogP contribution in [0.4, 0.5) is 8.78 Å². The van der Waals surface area contributed by atoms with E-state index in [1.54, 1.807) is 6.26 Å². The lowest BCUT2D eigenvalue weighted by atomic mass is 10.0. The number of aryl methyl sites for hydroxylation is 1. The fourth-order valence-corrected chi connectivity index (χ4v) is 2.17. The summed E-state index contributed by atoms with van der Waals surface area (Å²) in [4.78, 5) is 0. The summed E-state index contributed by atoms with van der Waals surface area (Å²) in [6, 6.07) is 5.22. The first-order valence-corrected chi connectivity index (χ1v) is 6.33. The molecule has 1 unspecified atom stereocenters. The Morgan fingerprint density at radius 2 is 2.05 bits per heavy atom. The van der Waals surface area contributed by atoms with Gasteiger partial charge in [-0.3, -0.25) is 0 Å². The fraction of sp³-hybridized carbons (Fsp3) is 0.333. The second-order valence-corrected chi connectivity index (χ2v) is 4.52. The molecule has 2 aromatic rings. The molecule has 0 saturated heterocycles. The third-order valence-corrected chi connectivity index (χ3v) is 3.10. The Bertz CT molecular complexity index is 551. The van der Waals surface area contributed by atoms with Crippen LogP contribution in [0.5, 0.6) is 0 Å². The van der Waals surface area contributed by atoms with Crippen LogP contribution in [0, 0.1) is 18.6 Å². The van der Waals surface area contributed by atoms with Crippen molar-refractivity contribution >= 4 is 0 Å². The largest absolute Gasteiger partial charge is 0.467 e. The highest BCUT2D eigenvalue weighted by Gasteiger charge is 2.18. The number of nitrogens with one attached hydrogen (secondary N) is 1. The van der Waals surface area contributed by atoms with Crippen LogP contribution >= 0.6 is 0 Å². The predicted octanol–water partition coefficient (Wildman–Crippen LogP) is 3.76. The molecule has 1 heterocycles. The van der Waals surface area contributed by atoms with Crippen LogP contribution in [-0.2, 0) is 6.42 Å². The highest BCUT2D eigenvalue weighted by Crippen LogP contribution is 2.24. The number of halogens is 2. The molecule has 0 aliphatic heterocycles. The van der Waals surface area contributed by atoms with Crippen molar-refractivity contribution in [1.82, 2.24) is 5.32 Å². The average molecular weight is 265 g/mol. The van der Waals surface area contributed by atoms with Gasteiger partial charge in [0.25, 0.3) is 0 Å². The molecule has 1 N–H and O–H groups in total. The monoisotopic (exact) mass is 265 g/mol. The van der Waals surface area contributed by atoms with Crippen LogP contribution in [0.25, 0.3) is 0 Å². The standard InChI is InChI=1S/C15H17F2NO/c1-3-18-14(15-10(2)6-7-19-15)9-11-8-12(16)4-5-13(11)17/h4-8,14,18H,3,9H2,1-2H3. The normalized spacial score (nSPS) is 12.6. The Labute approximate surface area is 111 Å². The zero-order valence-corrected chi connectivity index (χ0v) is 11.0. The summed E-state index contributed by atoms with van der Waals surface area (Å²) in [5, 5.41) is 3.24. The van der Waals surface area contributed by atoms with Gasteiger partial charge in [-0.05, 0) is 55.3 Å². The number of furan rings is 1. The Hall–Kier alpha value is -1.68. The maximum atomic E-state index is 13.7. The number of rotatable bonds is 5. The van der Waals surface area contributed by atoms with E-state index in [4.69, 9.17) is 4.42 Å². The minimum absolute atomic E-state index is 0.156. The predicted molar refractivity (Wildman–Crippen MR) is 69.9 cm³/mol. The molecule has 0 fully saturated rings. The topological polar surface area (TPSA) is 25.2 Å². The van der Waals surface area contributed by atoms with E-state index in [2.05, 4.69) is 5.32 Å². The maximum Gasteiger partial charge on any atom is 0.126 e. The first kappa shape index (κ1) is 13.7. The van der Waals surface area contributed by atoms with Gasteiger partial charge in [0.2, 0.25) is 0 Å². The maximum absolute atomic E-state index is 13.7. The molecule has 0 aliphatic rings. The number of hydrogen-bond acceptors (Lipinski definition) is 2. The molecule has 19 heavy (non-hydrogen) atoms. The molecule has 0 spiro atoms. The molecular weight excluding hydrogens is 248 g/mol. The molecule has 2 rings (SSSR count). The SMILES string of the molecule is CCNC(Cc1cc(F)ccc1F)c1occc1C. The lowest BCUT2D eigenvalue weighted by molar-refractivity contribution is 0.409. The van der Waals surface area contributed by atoms with Gasteiger partial charge in [0.1, 0.15) is 17.4 Å². The summed E-state index contributed by atoms with van der Waals surface area (Å²) in [7, 11) is 0. The van der Waals surface area contributed by atoms with Gasteiger partial charge in [0, 0.05) is 0 Å². The van der Waals surface area contributed by atoms with Crippen LogP contribution < -0.4 is 5.32 Å². The number of likely N-dealkylation sites (N-methyl/N-ethyl adjacent to an activating group) is 1. The van der Waals surface area contributed by atoms with Crippen molar-refractivity contribution in [3.63, 3.8) is 0 Å². The van der Waals surface area contributed by atoms with E-state index in [1.165, 1.54) is 6.07 Å². The molecule has 0 radical (unpaired) electrons. The van der Waals surface area contributed by atoms with Crippen molar-refractivity contribution in [2.75, 3.05) is 6.54 Å². The Kier molecular flexibility index (Phi) is 4.32. The van der Waals surface area contributed by atoms with Crippen molar-refractivity contribution in [2.45, 2.75) is 26.3 Å². The van der Waals surface area contributed by atoms with Crippen LogP contribution in [0.2, 0.25) is 0 Å². The molecule has 0 aliphatic carbocycles. The first-order valence-electron chi connectivity index (χ1n) is 6.33. The van der Waals surface area contributed by atoms with Crippen LogP contribution in [-0.4, -0.2) is 6.54 Å². The number of benzene rings is 1. The molecule has 4 heteroatoms. The van der Waals surface area contributed by atoms with E-state index in [1.807, 2.05) is 19.9 Å². The van der Waals surface area contributed by atoms with Crippen LogP contribution in [0.1, 0.15) is 29.9 Å². The van der Waals surface area contributed by atoms with E-state index in [0.29, 0.717) is 12.0 Å². The highest BCUT2D eigenvalue weighted by atomic mass is 19.1. The molecule has 0 amide bonds.